The third-order valence-corrected chi connectivity index (χ3v) is 4.03. The van der Waals surface area contributed by atoms with Crippen molar-refractivity contribution in [1.29, 1.82) is 0 Å². The lowest BCUT2D eigenvalue weighted by atomic mass is 9.97. The molecule has 0 heterocycles. The highest BCUT2D eigenvalue weighted by atomic mass is 79.9. The van der Waals surface area contributed by atoms with Gasteiger partial charge in [0.25, 0.3) is 0 Å². The third kappa shape index (κ3) is 2.80. The first-order chi connectivity index (χ1) is 11.0. The molecule has 0 amide bonds. The number of hydrogen-bond acceptors (Lipinski definition) is 2. The molecule has 2 nitrogen and oxygen atoms in total. The summed E-state index contributed by atoms with van der Waals surface area (Å²) in [5, 5.41) is 20.5. The van der Waals surface area contributed by atoms with Crippen molar-refractivity contribution in [3.05, 3.63) is 70.7 Å². The first-order valence-electron chi connectivity index (χ1n) is 6.74. The summed E-state index contributed by atoms with van der Waals surface area (Å²) < 4.78 is 28.5. The van der Waals surface area contributed by atoms with Crippen molar-refractivity contribution in [2.24, 2.45) is 0 Å². The van der Waals surface area contributed by atoms with E-state index in [4.69, 9.17) is 0 Å². The molecule has 0 atom stereocenters. The number of phenols is 2. The summed E-state index contributed by atoms with van der Waals surface area (Å²) in [7, 11) is 0. The minimum absolute atomic E-state index is 0.126. The second-order valence-corrected chi connectivity index (χ2v) is 5.88. The molecule has 0 saturated carbocycles. The predicted molar refractivity (Wildman–Crippen MR) is 88.3 cm³/mol. The molecule has 0 aliphatic carbocycles. The van der Waals surface area contributed by atoms with Gasteiger partial charge >= 0.3 is 0 Å². The zero-order chi connectivity index (χ0) is 16.6. The van der Waals surface area contributed by atoms with Crippen molar-refractivity contribution in [3.63, 3.8) is 0 Å². The Balaban J connectivity index is 2.19. The second kappa shape index (κ2) is 6.01. The predicted octanol–water partition coefficient (Wildman–Crippen LogP) is 5.47. The van der Waals surface area contributed by atoms with Crippen LogP contribution < -0.4 is 0 Å². The third-order valence-electron chi connectivity index (χ3n) is 3.53. The largest absolute Gasteiger partial charge is 0.504 e. The lowest BCUT2D eigenvalue weighted by molar-refractivity contribution is 0.406. The van der Waals surface area contributed by atoms with Crippen molar-refractivity contribution >= 4 is 15.9 Å². The Labute approximate surface area is 139 Å². The summed E-state index contributed by atoms with van der Waals surface area (Å²) >= 11 is 3.24. The van der Waals surface area contributed by atoms with Crippen LogP contribution in [0.3, 0.4) is 0 Å². The van der Waals surface area contributed by atoms with Crippen LogP contribution in [0.1, 0.15) is 0 Å². The number of aromatic hydroxyl groups is 2. The van der Waals surface area contributed by atoms with Crippen LogP contribution >= 0.6 is 15.9 Å². The fourth-order valence-corrected chi connectivity index (χ4v) is 2.76. The summed E-state index contributed by atoms with van der Waals surface area (Å²) in [5.41, 5.74) is 0.551. The van der Waals surface area contributed by atoms with Crippen LogP contribution in [-0.4, -0.2) is 10.2 Å². The quantitative estimate of drug-likeness (QED) is 0.582. The van der Waals surface area contributed by atoms with Gasteiger partial charge in [-0.2, -0.15) is 0 Å². The summed E-state index contributed by atoms with van der Waals surface area (Å²) in [6, 6.07) is 13.1. The highest BCUT2D eigenvalue weighted by Crippen LogP contribution is 2.44. The van der Waals surface area contributed by atoms with E-state index in [0.29, 0.717) is 4.47 Å². The van der Waals surface area contributed by atoms with Crippen LogP contribution in [-0.2, 0) is 0 Å². The lowest BCUT2D eigenvalue weighted by Gasteiger charge is -2.12. The number of halogens is 3. The van der Waals surface area contributed by atoms with E-state index in [1.165, 1.54) is 48.5 Å². The molecule has 0 fully saturated rings. The van der Waals surface area contributed by atoms with Gasteiger partial charge in [0.15, 0.2) is 11.5 Å². The molecule has 0 aliphatic rings. The maximum atomic E-state index is 14.0. The van der Waals surface area contributed by atoms with Gasteiger partial charge in [-0.15, -0.1) is 0 Å². The average Bonchev–Trinajstić information content (AvgIpc) is 2.53. The summed E-state index contributed by atoms with van der Waals surface area (Å²) in [6.45, 7) is 0. The number of phenolic OH excluding ortho intramolecular Hbond substituents is 2. The SMILES string of the molecule is Oc1c(-c2ccccc2F)ccc(-c2cc(Br)ccc2F)c1O. The van der Waals surface area contributed by atoms with Crippen molar-refractivity contribution in [2.75, 3.05) is 0 Å². The van der Waals surface area contributed by atoms with E-state index < -0.39 is 23.1 Å². The van der Waals surface area contributed by atoms with E-state index in [1.807, 2.05) is 0 Å². The molecule has 0 saturated heterocycles. The van der Waals surface area contributed by atoms with E-state index >= 15 is 0 Å². The fraction of sp³-hybridized carbons (Fsp3) is 0. The highest BCUT2D eigenvalue weighted by Gasteiger charge is 2.18. The van der Waals surface area contributed by atoms with Gasteiger partial charge in [0.05, 0.1) is 0 Å². The van der Waals surface area contributed by atoms with Gasteiger partial charge < -0.3 is 10.2 Å². The first kappa shape index (κ1) is 15.5. The molecule has 116 valence electrons. The highest BCUT2D eigenvalue weighted by molar-refractivity contribution is 9.10. The molecule has 0 bridgehead atoms. The Morgan fingerprint density at radius 3 is 1.87 bits per heavy atom. The van der Waals surface area contributed by atoms with Gasteiger partial charge in [0, 0.05) is 26.7 Å². The number of benzene rings is 3. The second-order valence-electron chi connectivity index (χ2n) is 4.96. The maximum Gasteiger partial charge on any atom is 0.166 e. The minimum atomic E-state index is -0.540. The van der Waals surface area contributed by atoms with E-state index in [9.17, 15) is 19.0 Å². The standard InChI is InChI=1S/C18H11BrF2O2/c19-10-5-8-16(21)14(9-10)13-7-6-12(17(22)18(13)23)11-3-1-2-4-15(11)20/h1-9,22-23H. The first-order valence-corrected chi connectivity index (χ1v) is 7.53. The summed E-state index contributed by atoms with van der Waals surface area (Å²) in [5.74, 6) is -2.06. The molecule has 0 aliphatic heterocycles. The van der Waals surface area contributed by atoms with Gasteiger partial charge in [-0.25, -0.2) is 8.78 Å². The lowest BCUT2D eigenvalue weighted by Crippen LogP contribution is -1.89. The molecule has 0 radical (unpaired) electrons. The Hall–Kier alpha value is -2.40. The van der Waals surface area contributed by atoms with Crippen molar-refractivity contribution in [2.45, 2.75) is 0 Å². The van der Waals surface area contributed by atoms with Crippen LogP contribution in [0.15, 0.2) is 59.1 Å². The number of hydrogen-bond donors (Lipinski definition) is 2. The van der Waals surface area contributed by atoms with Crippen LogP contribution in [0.25, 0.3) is 22.3 Å². The van der Waals surface area contributed by atoms with Gasteiger partial charge in [0.2, 0.25) is 0 Å². The van der Waals surface area contributed by atoms with E-state index in [0.717, 1.165) is 0 Å². The molecular weight excluding hydrogens is 366 g/mol. The van der Waals surface area contributed by atoms with Crippen molar-refractivity contribution in [3.8, 4) is 33.8 Å². The van der Waals surface area contributed by atoms with Gasteiger partial charge in [-0.1, -0.05) is 34.1 Å². The van der Waals surface area contributed by atoms with Crippen LogP contribution in [0.5, 0.6) is 11.5 Å². The zero-order valence-electron chi connectivity index (χ0n) is 11.7. The minimum Gasteiger partial charge on any atom is -0.504 e. The summed E-state index contributed by atoms with van der Waals surface area (Å²) in [4.78, 5) is 0. The Kier molecular flexibility index (Phi) is 4.05. The van der Waals surface area contributed by atoms with Crippen molar-refractivity contribution < 1.29 is 19.0 Å². The van der Waals surface area contributed by atoms with Gasteiger partial charge in [0.1, 0.15) is 11.6 Å². The normalized spacial score (nSPS) is 10.7. The Morgan fingerprint density at radius 1 is 0.652 bits per heavy atom. The molecule has 3 rings (SSSR count). The molecule has 0 aromatic heterocycles. The molecule has 23 heavy (non-hydrogen) atoms. The molecular formula is C18H11BrF2O2. The van der Waals surface area contributed by atoms with Crippen LogP contribution in [0.4, 0.5) is 8.78 Å². The number of rotatable bonds is 2. The fourth-order valence-electron chi connectivity index (χ4n) is 2.40. The van der Waals surface area contributed by atoms with Gasteiger partial charge in [-0.3, -0.25) is 0 Å². The maximum absolute atomic E-state index is 14.0. The topological polar surface area (TPSA) is 40.5 Å². The molecule has 2 N–H and O–H groups in total. The molecule has 5 heteroatoms. The van der Waals surface area contributed by atoms with Crippen molar-refractivity contribution in [1.82, 2.24) is 0 Å². The summed E-state index contributed by atoms with van der Waals surface area (Å²) in [6.07, 6.45) is 0. The smallest absolute Gasteiger partial charge is 0.166 e. The average molecular weight is 377 g/mol. The van der Waals surface area contributed by atoms with E-state index in [2.05, 4.69) is 15.9 Å². The van der Waals surface area contributed by atoms with Crippen LogP contribution in [0.2, 0.25) is 0 Å². The Bertz CT molecular complexity index is 894. The monoisotopic (exact) mass is 376 g/mol. The van der Waals surface area contributed by atoms with E-state index in [1.54, 1.807) is 6.07 Å². The zero-order valence-corrected chi connectivity index (χ0v) is 13.3. The van der Waals surface area contributed by atoms with E-state index in [-0.39, 0.29) is 22.3 Å². The molecule has 0 spiro atoms. The van der Waals surface area contributed by atoms with Crippen LogP contribution in [0, 0.1) is 11.6 Å². The molecule has 3 aromatic rings. The molecule has 3 aromatic carbocycles. The van der Waals surface area contributed by atoms with Gasteiger partial charge in [-0.05, 0) is 36.4 Å². The molecule has 0 unspecified atom stereocenters. The Morgan fingerprint density at radius 2 is 1.22 bits per heavy atom.